The number of hydrogen-bond donors (Lipinski definition) is 1. The van der Waals surface area contributed by atoms with Gasteiger partial charge in [0.15, 0.2) is 0 Å². The van der Waals surface area contributed by atoms with E-state index in [2.05, 4.69) is 0 Å². The summed E-state index contributed by atoms with van der Waals surface area (Å²) in [6.45, 7) is 2.64. The largest absolute Gasteiger partial charge is 0.481 e. The van der Waals surface area contributed by atoms with Gasteiger partial charge in [0.25, 0.3) is 0 Å². The second-order valence-corrected chi connectivity index (χ2v) is 5.67. The SMILES string of the molecule is CC(CCCN(CCC(=O)O)c1ccccc1)=S(=O)=O. The van der Waals surface area contributed by atoms with E-state index in [1.54, 1.807) is 6.92 Å². The standard InChI is InChI=1S/C14H19NO4S/c1-12(20(18)19)6-5-10-15(11-9-14(16)17)13-7-3-2-4-8-13/h2-4,7-8H,5-6,9-11H2,1H3,(H,16,17). The molecular weight excluding hydrogens is 278 g/mol. The van der Waals surface area contributed by atoms with Crippen LogP contribution in [0.1, 0.15) is 26.2 Å². The van der Waals surface area contributed by atoms with Gasteiger partial charge in [0.05, 0.1) is 6.42 Å². The first-order chi connectivity index (χ1) is 9.50. The number of para-hydroxylation sites is 1. The van der Waals surface area contributed by atoms with Crippen LogP contribution in [0.25, 0.3) is 0 Å². The Morgan fingerprint density at radius 2 is 1.80 bits per heavy atom. The Labute approximate surface area is 120 Å². The lowest BCUT2D eigenvalue weighted by Gasteiger charge is -2.24. The van der Waals surface area contributed by atoms with Gasteiger partial charge in [0, 0.05) is 23.6 Å². The lowest BCUT2D eigenvalue weighted by atomic mass is 10.2. The molecular formula is C14H19NO4S. The molecule has 0 heterocycles. The van der Waals surface area contributed by atoms with Gasteiger partial charge in [-0.1, -0.05) is 18.2 Å². The van der Waals surface area contributed by atoms with E-state index < -0.39 is 16.3 Å². The highest BCUT2D eigenvalue weighted by atomic mass is 32.2. The summed E-state index contributed by atoms with van der Waals surface area (Å²) < 4.78 is 21.5. The monoisotopic (exact) mass is 297 g/mol. The van der Waals surface area contributed by atoms with Gasteiger partial charge in [-0.25, -0.2) is 0 Å². The molecule has 0 aliphatic heterocycles. The third-order valence-corrected chi connectivity index (χ3v) is 3.73. The van der Waals surface area contributed by atoms with Crippen LogP contribution in [0.15, 0.2) is 30.3 Å². The second-order valence-electron chi connectivity index (χ2n) is 4.51. The van der Waals surface area contributed by atoms with Crippen LogP contribution >= 0.6 is 0 Å². The van der Waals surface area contributed by atoms with Gasteiger partial charge in [-0.05, 0) is 31.9 Å². The van der Waals surface area contributed by atoms with Crippen molar-refractivity contribution in [3.63, 3.8) is 0 Å². The molecule has 0 amide bonds. The van der Waals surface area contributed by atoms with E-state index in [-0.39, 0.29) is 6.42 Å². The normalized spacial score (nSPS) is 10.1. The molecule has 5 nitrogen and oxygen atoms in total. The molecule has 1 aromatic rings. The van der Waals surface area contributed by atoms with Gasteiger partial charge < -0.3 is 10.0 Å². The molecule has 0 spiro atoms. The summed E-state index contributed by atoms with van der Waals surface area (Å²) in [5, 5.41) is 8.78. The number of hydrogen-bond acceptors (Lipinski definition) is 4. The average Bonchev–Trinajstić information content (AvgIpc) is 2.42. The maximum Gasteiger partial charge on any atom is 0.305 e. The van der Waals surface area contributed by atoms with Crippen molar-refractivity contribution in [2.24, 2.45) is 0 Å². The molecule has 0 aliphatic rings. The third kappa shape index (κ3) is 5.88. The van der Waals surface area contributed by atoms with Crippen molar-refractivity contribution in [1.82, 2.24) is 0 Å². The first kappa shape index (κ1) is 16.2. The molecule has 0 fully saturated rings. The summed E-state index contributed by atoms with van der Waals surface area (Å²) >= 11 is 0. The number of carboxylic acid groups (broad SMARTS) is 1. The smallest absolute Gasteiger partial charge is 0.305 e. The third-order valence-electron chi connectivity index (χ3n) is 2.96. The Hall–Kier alpha value is -1.82. The van der Waals surface area contributed by atoms with Crippen LogP contribution in [0.3, 0.4) is 0 Å². The average molecular weight is 297 g/mol. The fraction of sp³-hybridized carbons (Fsp3) is 0.429. The molecule has 0 unspecified atom stereocenters. The van der Waals surface area contributed by atoms with Gasteiger partial charge in [-0.3, -0.25) is 4.79 Å². The molecule has 1 N–H and O–H groups in total. The van der Waals surface area contributed by atoms with Crippen LogP contribution < -0.4 is 4.90 Å². The molecule has 0 atom stereocenters. The van der Waals surface area contributed by atoms with Gasteiger partial charge in [-0.15, -0.1) is 0 Å². The van der Waals surface area contributed by atoms with Gasteiger partial charge >= 0.3 is 5.97 Å². The molecule has 1 aromatic carbocycles. The van der Waals surface area contributed by atoms with Crippen molar-refractivity contribution in [1.29, 1.82) is 0 Å². The highest BCUT2D eigenvalue weighted by Crippen LogP contribution is 2.14. The highest BCUT2D eigenvalue weighted by Gasteiger charge is 2.08. The maximum atomic E-state index is 10.7. The van der Waals surface area contributed by atoms with E-state index in [0.717, 1.165) is 5.69 Å². The van der Waals surface area contributed by atoms with Crippen LogP contribution in [0.2, 0.25) is 0 Å². The minimum absolute atomic E-state index is 0.0606. The Morgan fingerprint density at radius 1 is 1.15 bits per heavy atom. The highest BCUT2D eigenvalue weighted by molar-refractivity contribution is 7.72. The Morgan fingerprint density at radius 3 is 2.35 bits per heavy atom. The van der Waals surface area contributed by atoms with Gasteiger partial charge in [0.1, 0.15) is 0 Å². The first-order valence-electron chi connectivity index (χ1n) is 6.44. The van der Waals surface area contributed by atoms with E-state index in [1.807, 2.05) is 35.2 Å². The predicted molar refractivity (Wildman–Crippen MR) is 79.7 cm³/mol. The maximum absolute atomic E-state index is 10.7. The van der Waals surface area contributed by atoms with E-state index in [4.69, 9.17) is 5.11 Å². The van der Waals surface area contributed by atoms with Crippen molar-refractivity contribution in [3.05, 3.63) is 30.3 Å². The second kappa shape index (κ2) is 8.37. The fourth-order valence-corrected chi connectivity index (χ4v) is 2.15. The molecule has 1 rings (SSSR count). The number of carboxylic acids is 1. The predicted octanol–water partition coefficient (Wildman–Crippen LogP) is 1.82. The van der Waals surface area contributed by atoms with Crippen LogP contribution in [0, 0.1) is 0 Å². The van der Waals surface area contributed by atoms with Crippen molar-refractivity contribution in [2.45, 2.75) is 26.2 Å². The lowest BCUT2D eigenvalue weighted by Crippen LogP contribution is -2.27. The van der Waals surface area contributed by atoms with Crippen LogP contribution in [0.5, 0.6) is 0 Å². The topological polar surface area (TPSA) is 74.7 Å². The van der Waals surface area contributed by atoms with Crippen molar-refractivity contribution in [3.8, 4) is 0 Å². The van der Waals surface area contributed by atoms with Crippen LogP contribution in [-0.4, -0.2) is 37.4 Å². The number of carbonyl (C=O) groups is 1. The van der Waals surface area contributed by atoms with Gasteiger partial charge in [-0.2, -0.15) is 8.42 Å². The quantitative estimate of drug-likeness (QED) is 0.741. The lowest BCUT2D eigenvalue weighted by molar-refractivity contribution is -0.136. The van der Waals surface area contributed by atoms with Gasteiger partial charge in [0.2, 0.25) is 10.3 Å². The molecule has 0 aromatic heterocycles. The Bertz CT molecular complexity index is 558. The Balaban J connectivity index is 2.64. The molecule has 0 radical (unpaired) electrons. The summed E-state index contributed by atoms with van der Waals surface area (Å²) in [6, 6.07) is 9.53. The van der Waals surface area contributed by atoms with E-state index in [9.17, 15) is 13.2 Å². The summed E-state index contributed by atoms with van der Waals surface area (Å²) in [6.07, 6.45) is 1.23. The molecule has 0 saturated heterocycles. The Kier molecular flexibility index (Phi) is 6.79. The zero-order valence-corrected chi connectivity index (χ0v) is 12.3. The summed E-state index contributed by atoms with van der Waals surface area (Å²) in [5.74, 6) is -0.839. The fourth-order valence-electron chi connectivity index (χ4n) is 1.84. The zero-order chi connectivity index (χ0) is 15.0. The van der Waals surface area contributed by atoms with Crippen LogP contribution in [0.4, 0.5) is 5.69 Å². The van der Waals surface area contributed by atoms with Crippen LogP contribution in [-0.2, 0) is 15.1 Å². The first-order valence-corrected chi connectivity index (χ1v) is 7.51. The number of aliphatic carboxylic acids is 1. The molecule has 6 heteroatoms. The summed E-state index contributed by atoms with van der Waals surface area (Å²) in [7, 11) is -2.13. The van der Waals surface area contributed by atoms with Crippen molar-refractivity contribution < 1.29 is 18.3 Å². The van der Waals surface area contributed by atoms with E-state index in [1.165, 1.54) is 0 Å². The van der Waals surface area contributed by atoms with E-state index >= 15 is 0 Å². The molecule has 0 aliphatic carbocycles. The molecule has 20 heavy (non-hydrogen) atoms. The number of anilines is 1. The molecule has 0 bridgehead atoms. The molecule has 0 saturated carbocycles. The minimum atomic E-state index is -2.13. The summed E-state index contributed by atoms with van der Waals surface area (Å²) in [4.78, 5) is 13.1. The minimum Gasteiger partial charge on any atom is -0.481 e. The van der Waals surface area contributed by atoms with Crippen molar-refractivity contribution >= 4 is 26.8 Å². The summed E-state index contributed by atoms with van der Waals surface area (Å²) in [5.41, 5.74) is 0.953. The van der Waals surface area contributed by atoms with E-state index in [0.29, 0.717) is 30.8 Å². The van der Waals surface area contributed by atoms with Crippen molar-refractivity contribution in [2.75, 3.05) is 18.0 Å². The number of benzene rings is 1. The number of rotatable bonds is 8. The zero-order valence-electron chi connectivity index (χ0n) is 11.4. The molecule has 110 valence electrons. The number of nitrogens with zero attached hydrogens (tertiary/aromatic N) is 1.